The van der Waals surface area contributed by atoms with Gasteiger partial charge in [0.15, 0.2) is 6.10 Å². The lowest BCUT2D eigenvalue weighted by Gasteiger charge is -2.33. The molecule has 0 spiro atoms. The molecule has 0 saturated carbocycles. The minimum Gasteiger partial charge on any atom is -0.456 e. The van der Waals surface area contributed by atoms with Gasteiger partial charge in [0.2, 0.25) is 33.7 Å². The molecule has 23 nitrogen and oxygen atoms in total. The molecule has 0 bridgehead atoms. The maximum absolute atomic E-state index is 14.3. The lowest BCUT2D eigenvalue weighted by atomic mass is 9.90. The quantitative estimate of drug-likeness (QED) is 0.0769. The van der Waals surface area contributed by atoms with E-state index in [-0.39, 0.29) is 54.4 Å². The van der Waals surface area contributed by atoms with Gasteiger partial charge in [-0.3, -0.25) is 34.1 Å². The van der Waals surface area contributed by atoms with E-state index in [4.69, 9.17) is 14.2 Å². The Morgan fingerprint density at radius 3 is 2.06 bits per heavy atom. The van der Waals surface area contributed by atoms with Gasteiger partial charge in [-0.15, -0.1) is 0 Å². The standard InChI is InChI=1S/C55H80N8O15S/c1-15-34(5)47-50(66)57-39(10)54(70)78-48(35(6)16-2)37(8)44(77-55(71)59(11)28-29-61(13)79(74,75)42-25-23-41(24-26-42)63(72)73)27-22-36(7)53(69)76-45(30-33(3)4)49(65)56-38(9)51(67)62(14)43(31-40-20-18-17-19-21-40)52(68)60(12)32-46(64)58-47/h16-26,33-34,37-39,43-45,47-48H,15,27-32H2,1-14H3,(H,56,65)(H,57,66)(H,58,64)/b35-16+,36-22+/t34-,37+,38+,39-,43-,44+,45-,47+,48-/m1/s1. The van der Waals surface area contributed by atoms with Gasteiger partial charge in [-0.05, 0) is 76.1 Å². The van der Waals surface area contributed by atoms with Gasteiger partial charge >= 0.3 is 18.0 Å². The summed E-state index contributed by atoms with van der Waals surface area (Å²) >= 11 is 0. The van der Waals surface area contributed by atoms with E-state index in [9.17, 15) is 56.9 Å². The van der Waals surface area contributed by atoms with Crippen molar-refractivity contribution >= 4 is 63.3 Å². The number of amides is 6. The van der Waals surface area contributed by atoms with Crippen molar-refractivity contribution in [2.45, 2.75) is 142 Å². The van der Waals surface area contributed by atoms with E-state index in [1.807, 2.05) is 6.92 Å². The maximum Gasteiger partial charge on any atom is 0.409 e. The Bertz CT molecular complexity index is 2670. The highest BCUT2D eigenvalue weighted by atomic mass is 32.2. The summed E-state index contributed by atoms with van der Waals surface area (Å²) < 4.78 is 45.6. The summed E-state index contributed by atoms with van der Waals surface area (Å²) in [5, 5.41) is 19.2. The number of likely N-dealkylation sites (N-methyl/N-ethyl adjacent to an activating group) is 4. The zero-order valence-corrected chi connectivity index (χ0v) is 48.7. The third-order valence-electron chi connectivity index (χ3n) is 13.9. The van der Waals surface area contributed by atoms with Crippen molar-refractivity contribution < 1.29 is 65.9 Å². The van der Waals surface area contributed by atoms with Crippen LogP contribution in [0.4, 0.5) is 10.5 Å². The zero-order chi connectivity index (χ0) is 59.6. The molecule has 0 aliphatic carbocycles. The highest BCUT2D eigenvalue weighted by molar-refractivity contribution is 7.89. The fourth-order valence-electron chi connectivity index (χ4n) is 8.33. The van der Waals surface area contributed by atoms with Crippen LogP contribution in [-0.4, -0.2) is 170 Å². The molecular formula is C55H80N8O15S. The highest BCUT2D eigenvalue weighted by Gasteiger charge is 2.38. The van der Waals surface area contributed by atoms with Gasteiger partial charge in [-0.2, -0.15) is 4.31 Å². The van der Waals surface area contributed by atoms with Crippen molar-refractivity contribution in [1.82, 2.24) is 35.0 Å². The summed E-state index contributed by atoms with van der Waals surface area (Å²) in [7, 11) is 1.26. The van der Waals surface area contributed by atoms with Crippen molar-refractivity contribution in [3.8, 4) is 0 Å². The van der Waals surface area contributed by atoms with Gasteiger partial charge in [0.25, 0.3) is 11.6 Å². The molecular weight excluding hydrogens is 1040 g/mol. The normalized spacial score (nSPS) is 24.6. The summed E-state index contributed by atoms with van der Waals surface area (Å²) in [4.78, 5) is 126. The SMILES string of the molecule is C/C=C(\C)[C@H]1OC(=O)[C@@H](C)NC(=O)[C@H]([C@H](C)CC)NC(=O)CN(C)C(=O)[C@@H](Cc2ccccc2)N(C)C(=O)[C@H](C)NC(=O)[C@@H](CC(C)C)OC(=O)/C(C)=C/C[C@H](OC(=O)N(C)CCN(C)S(=O)(=O)c2ccc([N+](=O)[O-])cc2)[C@@H]1C. The first-order valence-electron chi connectivity index (χ1n) is 26.2. The molecule has 79 heavy (non-hydrogen) atoms. The lowest BCUT2D eigenvalue weighted by Crippen LogP contribution is -2.57. The van der Waals surface area contributed by atoms with Crippen LogP contribution in [0.25, 0.3) is 0 Å². The zero-order valence-electron chi connectivity index (χ0n) is 47.8. The number of sulfonamides is 1. The van der Waals surface area contributed by atoms with Crippen molar-refractivity contribution in [3.63, 3.8) is 0 Å². The largest absolute Gasteiger partial charge is 0.456 e. The molecule has 1 heterocycles. The number of non-ortho nitro benzene ring substituents is 1. The minimum absolute atomic E-state index is 0.00601. The Kier molecular flexibility index (Phi) is 25.3. The third kappa shape index (κ3) is 19.0. The number of hydrogen-bond acceptors (Lipinski definition) is 15. The lowest BCUT2D eigenvalue weighted by molar-refractivity contribution is -0.384. The molecule has 2 aromatic rings. The predicted octanol–water partition coefficient (Wildman–Crippen LogP) is 4.54. The number of benzene rings is 2. The number of nitro groups is 1. The number of nitrogens with zero attached hydrogens (tertiary/aromatic N) is 5. The second kappa shape index (κ2) is 30.2. The number of allylic oxidation sites excluding steroid dienone is 1. The fraction of sp³-hybridized carbons (Fsp3) is 0.564. The van der Waals surface area contributed by atoms with Crippen LogP contribution < -0.4 is 16.0 Å². The Hall–Kier alpha value is -7.21. The summed E-state index contributed by atoms with van der Waals surface area (Å²) in [5.41, 5.74) is 0.897. The van der Waals surface area contributed by atoms with Crippen LogP contribution >= 0.6 is 0 Å². The Balaban J connectivity index is 2.10. The first-order chi connectivity index (χ1) is 36.9. The van der Waals surface area contributed by atoms with Gasteiger partial charge in [0, 0.05) is 77.7 Å². The van der Waals surface area contributed by atoms with Crippen LogP contribution in [0, 0.1) is 27.9 Å². The summed E-state index contributed by atoms with van der Waals surface area (Å²) in [6, 6.07) is 8.30. The molecule has 0 fully saturated rings. The Labute approximate surface area is 464 Å². The summed E-state index contributed by atoms with van der Waals surface area (Å²) in [5.74, 6) is -6.85. The van der Waals surface area contributed by atoms with Gasteiger partial charge in [-0.1, -0.05) is 83.5 Å². The van der Waals surface area contributed by atoms with Crippen LogP contribution in [0.1, 0.15) is 94.1 Å². The smallest absolute Gasteiger partial charge is 0.409 e. The molecule has 1 aliphatic heterocycles. The van der Waals surface area contributed by atoms with Gasteiger partial charge in [-0.25, -0.2) is 22.8 Å². The molecule has 1 aliphatic rings. The van der Waals surface area contributed by atoms with Crippen LogP contribution in [-0.2, 0) is 64.2 Å². The first-order valence-corrected chi connectivity index (χ1v) is 27.7. The molecule has 436 valence electrons. The summed E-state index contributed by atoms with van der Waals surface area (Å²) in [6.07, 6.45) is -1.23. The second-order valence-corrected chi connectivity index (χ2v) is 22.6. The molecule has 0 radical (unpaired) electrons. The molecule has 3 N–H and O–H groups in total. The van der Waals surface area contributed by atoms with E-state index in [1.54, 1.807) is 78.0 Å². The summed E-state index contributed by atoms with van der Waals surface area (Å²) in [6.45, 7) is 15.4. The molecule has 6 amide bonds. The number of cyclic esters (lactones) is 2. The van der Waals surface area contributed by atoms with E-state index >= 15 is 0 Å². The molecule has 0 unspecified atom stereocenters. The van der Waals surface area contributed by atoms with Crippen LogP contribution in [0.15, 0.2) is 82.8 Å². The first kappa shape index (κ1) is 66.1. The average molecular weight is 1130 g/mol. The van der Waals surface area contributed by atoms with Crippen molar-refractivity contribution in [2.24, 2.45) is 17.8 Å². The number of esters is 2. The van der Waals surface area contributed by atoms with E-state index in [0.29, 0.717) is 17.6 Å². The molecule has 0 aromatic heterocycles. The predicted molar refractivity (Wildman–Crippen MR) is 293 cm³/mol. The Morgan fingerprint density at radius 1 is 0.886 bits per heavy atom. The van der Waals surface area contributed by atoms with E-state index in [1.165, 1.54) is 59.9 Å². The van der Waals surface area contributed by atoms with Crippen LogP contribution in [0.3, 0.4) is 0 Å². The van der Waals surface area contributed by atoms with Crippen LogP contribution in [0.2, 0.25) is 0 Å². The molecule has 0 saturated heterocycles. The van der Waals surface area contributed by atoms with Gasteiger partial charge in [0.05, 0.1) is 16.4 Å². The van der Waals surface area contributed by atoms with Crippen molar-refractivity contribution in [1.29, 1.82) is 0 Å². The molecule has 2 aromatic carbocycles. The average Bonchev–Trinajstić information content (AvgIpc) is 3.41. The number of carbonyl (C=O) groups is 8. The van der Waals surface area contributed by atoms with Crippen LogP contribution in [0.5, 0.6) is 0 Å². The van der Waals surface area contributed by atoms with Crippen molar-refractivity contribution in [2.75, 3.05) is 47.8 Å². The van der Waals surface area contributed by atoms with E-state index in [0.717, 1.165) is 38.4 Å². The number of carbonyl (C=O) groups excluding carboxylic acids is 8. The van der Waals surface area contributed by atoms with Gasteiger partial charge < -0.3 is 44.9 Å². The van der Waals surface area contributed by atoms with Gasteiger partial charge in [0.1, 0.15) is 36.4 Å². The second-order valence-electron chi connectivity index (χ2n) is 20.6. The topological polar surface area (TPSA) is 291 Å². The number of hydrogen-bond donors (Lipinski definition) is 3. The van der Waals surface area contributed by atoms with E-state index < -0.39 is 123 Å². The van der Waals surface area contributed by atoms with E-state index in [2.05, 4.69) is 16.0 Å². The van der Waals surface area contributed by atoms with Crippen molar-refractivity contribution in [3.05, 3.63) is 93.6 Å². The highest BCUT2D eigenvalue weighted by Crippen LogP contribution is 2.27. The number of nitrogens with one attached hydrogen (secondary N) is 3. The Morgan fingerprint density at radius 2 is 1.49 bits per heavy atom. The molecule has 3 rings (SSSR count). The fourth-order valence-corrected chi connectivity index (χ4v) is 9.50. The number of ether oxygens (including phenoxy) is 3. The molecule has 9 atom stereocenters. The maximum atomic E-state index is 14.3. The minimum atomic E-state index is -4.16. The number of rotatable bonds is 14. The third-order valence-corrected chi connectivity index (χ3v) is 15.7. The monoisotopic (exact) mass is 1120 g/mol. The number of nitro benzene ring substituents is 1. The molecule has 24 heteroatoms.